The molecule has 0 spiro atoms. The molecule has 0 amide bonds. The lowest BCUT2D eigenvalue weighted by atomic mass is 10.3. The number of imidazole rings is 1. The Morgan fingerprint density at radius 3 is 2.69 bits per heavy atom. The second-order valence-corrected chi connectivity index (χ2v) is 3.17. The van der Waals surface area contributed by atoms with Crippen molar-refractivity contribution in [3.63, 3.8) is 0 Å². The largest absolute Gasteiger partial charge is 0.273 e. The van der Waals surface area contributed by atoms with Crippen LogP contribution in [-0.4, -0.2) is 14.5 Å². The van der Waals surface area contributed by atoms with Gasteiger partial charge in [-0.2, -0.15) is 10.5 Å². The van der Waals surface area contributed by atoms with Crippen LogP contribution in [0.3, 0.4) is 0 Å². The summed E-state index contributed by atoms with van der Waals surface area (Å²) in [5, 5.41) is 17.7. The molecule has 0 atom stereocenters. The van der Waals surface area contributed by atoms with E-state index in [0.717, 1.165) is 5.69 Å². The summed E-state index contributed by atoms with van der Waals surface area (Å²) in [6.45, 7) is 1.86. The number of nitrogens with zero attached hydrogens (tertiary/aromatic N) is 5. The van der Waals surface area contributed by atoms with Crippen molar-refractivity contribution >= 4 is 0 Å². The van der Waals surface area contributed by atoms with E-state index >= 15 is 0 Å². The van der Waals surface area contributed by atoms with Gasteiger partial charge in [0, 0.05) is 5.69 Å². The van der Waals surface area contributed by atoms with Crippen LogP contribution in [0.5, 0.6) is 0 Å². The van der Waals surface area contributed by atoms with Crippen molar-refractivity contribution in [3.05, 3.63) is 41.6 Å². The first-order valence-corrected chi connectivity index (χ1v) is 4.58. The average Bonchev–Trinajstić information content (AvgIpc) is 2.71. The van der Waals surface area contributed by atoms with Gasteiger partial charge in [0.15, 0.2) is 11.4 Å². The van der Waals surface area contributed by atoms with Crippen LogP contribution >= 0.6 is 0 Å². The smallest absolute Gasteiger partial charge is 0.177 e. The zero-order valence-corrected chi connectivity index (χ0v) is 8.55. The first kappa shape index (κ1) is 9.88. The molecule has 0 aliphatic heterocycles. The van der Waals surface area contributed by atoms with Crippen molar-refractivity contribution in [1.82, 2.24) is 14.5 Å². The molecule has 16 heavy (non-hydrogen) atoms. The SMILES string of the molecule is Cc1cccc(-n2cnc(C#N)c2C#N)n1. The number of pyridine rings is 1. The van der Waals surface area contributed by atoms with Crippen molar-refractivity contribution in [1.29, 1.82) is 10.5 Å². The Labute approximate surface area is 92.2 Å². The fourth-order valence-corrected chi connectivity index (χ4v) is 1.37. The summed E-state index contributed by atoms with van der Waals surface area (Å²) in [7, 11) is 0. The first-order valence-electron chi connectivity index (χ1n) is 4.58. The van der Waals surface area contributed by atoms with Crippen LogP contribution in [0, 0.1) is 29.6 Å². The van der Waals surface area contributed by atoms with Gasteiger partial charge in [0.25, 0.3) is 0 Å². The van der Waals surface area contributed by atoms with Gasteiger partial charge in [-0.3, -0.25) is 4.57 Å². The van der Waals surface area contributed by atoms with Crippen molar-refractivity contribution in [2.45, 2.75) is 6.92 Å². The maximum absolute atomic E-state index is 8.96. The highest BCUT2D eigenvalue weighted by Gasteiger charge is 2.11. The molecule has 0 radical (unpaired) electrons. The molecule has 0 fully saturated rings. The highest BCUT2D eigenvalue weighted by molar-refractivity contribution is 5.41. The van der Waals surface area contributed by atoms with Gasteiger partial charge in [0.1, 0.15) is 24.3 Å². The zero-order chi connectivity index (χ0) is 11.5. The summed E-state index contributed by atoms with van der Waals surface area (Å²) in [5.74, 6) is 0.588. The number of rotatable bonds is 1. The number of hydrogen-bond acceptors (Lipinski definition) is 4. The van der Waals surface area contributed by atoms with E-state index in [4.69, 9.17) is 10.5 Å². The first-order chi connectivity index (χ1) is 7.76. The van der Waals surface area contributed by atoms with E-state index in [1.54, 1.807) is 6.07 Å². The van der Waals surface area contributed by atoms with Gasteiger partial charge in [-0.05, 0) is 19.1 Å². The molecule has 0 saturated heterocycles. The summed E-state index contributed by atoms with van der Waals surface area (Å²) in [6.07, 6.45) is 1.43. The third-order valence-corrected chi connectivity index (χ3v) is 2.10. The monoisotopic (exact) mass is 209 g/mol. The molecule has 5 nitrogen and oxygen atoms in total. The van der Waals surface area contributed by atoms with Crippen molar-refractivity contribution in [2.75, 3.05) is 0 Å². The Bertz CT molecular complexity index is 612. The number of hydrogen-bond donors (Lipinski definition) is 0. The highest BCUT2D eigenvalue weighted by atomic mass is 15.1. The molecule has 2 aromatic rings. The number of aromatic nitrogens is 3. The fraction of sp³-hybridized carbons (Fsp3) is 0.0909. The summed E-state index contributed by atoms with van der Waals surface area (Å²) in [5.41, 5.74) is 1.17. The summed E-state index contributed by atoms with van der Waals surface area (Å²) >= 11 is 0. The van der Waals surface area contributed by atoms with Gasteiger partial charge in [0.05, 0.1) is 0 Å². The molecule has 76 valence electrons. The second kappa shape index (κ2) is 3.84. The van der Waals surface area contributed by atoms with Gasteiger partial charge >= 0.3 is 0 Å². The zero-order valence-electron chi connectivity index (χ0n) is 8.55. The van der Waals surface area contributed by atoms with E-state index in [9.17, 15) is 0 Å². The molecule has 2 aromatic heterocycles. The Kier molecular flexibility index (Phi) is 2.37. The van der Waals surface area contributed by atoms with Gasteiger partial charge in [-0.15, -0.1) is 0 Å². The van der Waals surface area contributed by atoms with Gasteiger partial charge in [0.2, 0.25) is 0 Å². The minimum Gasteiger partial charge on any atom is -0.273 e. The predicted octanol–water partition coefficient (Wildman–Crippen LogP) is 1.32. The second-order valence-electron chi connectivity index (χ2n) is 3.17. The lowest BCUT2D eigenvalue weighted by Gasteiger charge is -2.02. The maximum Gasteiger partial charge on any atom is 0.177 e. The van der Waals surface area contributed by atoms with E-state index in [1.165, 1.54) is 10.9 Å². The van der Waals surface area contributed by atoms with Crippen molar-refractivity contribution in [3.8, 4) is 18.0 Å². The maximum atomic E-state index is 8.96. The number of nitriles is 2. The van der Waals surface area contributed by atoms with E-state index < -0.39 is 0 Å². The number of aryl methyl sites for hydroxylation is 1. The standard InChI is InChI=1S/C11H7N5/c1-8-3-2-4-11(15-8)16-7-14-9(5-12)10(16)6-13/h2-4,7H,1H3. The van der Waals surface area contributed by atoms with Crippen LogP contribution in [-0.2, 0) is 0 Å². The molecule has 0 N–H and O–H groups in total. The molecule has 2 heterocycles. The Balaban J connectivity index is 2.63. The minimum absolute atomic E-state index is 0.116. The quantitative estimate of drug-likeness (QED) is 0.709. The molecule has 0 aliphatic carbocycles. The molecule has 2 rings (SSSR count). The predicted molar refractivity (Wildman–Crippen MR) is 55.5 cm³/mol. The molecule has 0 aliphatic rings. The molecular formula is C11H7N5. The van der Waals surface area contributed by atoms with Crippen LogP contribution in [0.15, 0.2) is 24.5 Å². The molecule has 0 unspecified atom stereocenters. The Hall–Kier alpha value is -2.66. The third-order valence-electron chi connectivity index (χ3n) is 2.10. The van der Waals surface area contributed by atoms with E-state index in [0.29, 0.717) is 5.82 Å². The van der Waals surface area contributed by atoms with Crippen LogP contribution in [0.2, 0.25) is 0 Å². The van der Waals surface area contributed by atoms with Crippen molar-refractivity contribution < 1.29 is 0 Å². The average molecular weight is 209 g/mol. The van der Waals surface area contributed by atoms with E-state index in [2.05, 4.69) is 9.97 Å². The lowest BCUT2D eigenvalue weighted by Crippen LogP contribution is -2.00. The van der Waals surface area contributed by atoms with Crippen LogP contribution in [0.4, 0.5) is 0 Å². The summed E-state index contributed by atoms with van der Waals surface area (Å²) in [4.78, 5) is 8.11. The lowest BCUT2D eigenvalue weighted by molar-refractivity contribution is 0.961. The molecule has 0 aromatic carbocycles. The summed E-state index contributed by atoms with van der Waals surface area (Å²) < 4.78 is 1.51. The van der Waals surface area contributed by atoms with Gasteiger partial charge in [-0.1, -0.05) is 6.07 Å². The molecule has 0 bridgehead atoms. The minimum atomic E-state index is 0.116. The fourth-order valence-electron chi connectivity index (χ4n) is 1.37. The molecule has 5 heteroatoms. The van der Waals surface area contributed by atoms with Gasteiger partial charge in [-0.25, -0.2) is 9.97 Å². The van der Waals surface area contributed by atoms with Crippen LogP contribution in [0.25, 0.3) is 5.82 Å². The third kappa shape index (κ3) is 1.51. The highest BCUT2D eigenvalue weighted by Crippen LogP contribution is 2.11. The van der Waals surface area contributed by atoms with Crippen LogP contribution in [0.1, 0.15) is 17.1 Å². The normalized spacial score (nSPS) is 9.44. The van der Waals surface area contributed by atoms with Crippen molar-refractivity contribution in [2.24, 2.45) is 0 Å². The Morgan fingerprint density at radius 2 is 2.06 bits per heavy atom. The van der Waals surface area contributed by atoms with E-state index in [-0.39, 0.29) is 11.4 Å². The van der Waals surface area contributed by atoms with E-state index in [1.807, 2.05) is 31.2 Å². The topological polar surface area (TPSA) is 78.3 Å². The van der Waals surface area contributed by atoms with Crippen LogP contribution < -0.4 is 0 Å². The Morgan fingerprint density at radius 1 is 1.25 bits per heavy atom. The van der Waals surface area contributed by atoms with Gasteiger partial charge < -0.3 is 0 Å². The summed E-state index contributed by atoms with van der Waals surface area (Å²) in [6, 6.07) is 9.28. The molecule has 0 saturated carbocycles. The molecular weight excluding hydrogens is 202 g/mol.